The molecule has 60 heavy (non-hydrogen) atoms. The SMILES string of the molecule is CCCCCCCC/C=C\CCCCCCCC(=O)O[C@H](COC(=O)CCC/C=C\C[C@H]1[C@@H](O)CC(O)O[C@@H]1/C=C/[C@@H](O)CCCCC)COP(=O)(O)OCC[N+](C)(C)C. The van der Waals surface area contributed by atoms with Crippen molar-refractivity contribution in [2.45, 2.75) is 192 Å². The number of carbonyl (C=O) groups is 2. The van der Waals surface area contributed by atoms with Crippen LogP contribution in [0.1, 0.15) is 162 Å². The lowest BCUT2D eigenvalue weighted by atomic mass is 9.87. The second-order valence-corrected chi connectivity index (χ2v) is 18.8. The Kier molecular flexibility index (Phi) is 32.3. The van der Waals surface area contributed by atoms with Crippen LogP contribution in [0.4, 0.5) is 0 Å². The zero-order valence-corrected chi connectivity index (χ0v) is 38.9. The second kappa shape index (κ2) is 34.5. The lowest BCUT2D eigenvalue weighted by Crippen LogP contribution is -2.43. The standard InChI is InChI=1S/C46H84NO12P/c1-6-8-10-11-12-13-14-15-16-17-18-19-20-21-27-31-45(51)58-40(38-57-60(53,54)56-35-34-47(3,4)5)37-55-44(50)30-26-23-22-25-29-41-42(49)36-46(52)59-43(41)33-32-39(48)28-24-9-7-2/h15-16,22,25,32-33,39-43,46,48-49,52H,6-14,17-21,23-24,26-31,34-38H2,1-5H3/p+1/b16-15-,25-22-,33-32+/t39-,40+,41-,42-,43+,46?/m0/s1. The first-order valence-electron chi connectivity index (χ1n) is 23.1. The Bertz CT molecular complexity index is 1240. The van der Waals surface area contributed by atoms with Crippen molar-refractivity contribution in [1.29, 1.82) is 0 Å². The summed E-state index contributed by atoms with van der Waals surface area (Å²) in [7, 11) is 1.32. The lowest BCUT2D eigenvalue weighted by molar-refractivity contribution is -0.870. The van der Waals surface area contributed by atoms with Crippen LogP contribution in [0.3, 0.4) is 0 Å². The molecule has 1 heterocycles. The van der Waals surface area contributed by atoms with E-state index >= 15 is 0 Å². The van der Waals surface area contributed by atoms with Crippen molar-refractivity contribution < 1.29 is 62.1 Å². The van der Waals surface area contributed by atoms with Crippen molar-refractivity contribution in [2.75, 3.05) is 47.5 Å². The highest BCUT2D eigenvalue weighted by molar-refractivity contribution is 7.47. The van der Waals surface area contributed by atoms with E-state index in [4.69, 9.17) is 23.3 Å². The number of quaternary nitrogens is 1. The molecule has 1 fully saturated rings. The van der Waals surface area contributed by atoms with Crippen LogP contribution in [0, 0.1) is 5.92 Å². The minimum atomic E-state index is -4.45. The minimum absolute atomic E-state index is 0.0141. The summed E-state index contributed by atoms with van der Waals surface area (Å²) in [5.74, 6) is -1.31. The normalized spacial score (nSPS) is 20.8. The fourth-order valence-electron chi connectivity index (χ4n) is 6.69. The number of aliphatic hydroxyl groups is 3. The van der Waals surface area contributed by atoms with E-state index in [1.165, 1.54) is 38.5 Å². The van der Waals surface area contributed by atoms with Gasteiger partial charge in [0.2, 0.25) is 0 Å². The third-order valence-electron chi connectivity index (χ3n) is 10.4. The summed E-state index contributed by atoms with van der Waals surface area (Å²) in [5.41, 5.74) is 0. The smallest absolute Gasteiger partial charge is 0.462 e. The van der Waals surface area contributed by atoms with Gasteiger partial charge in [0.25, 0.3) is 0 Å². The largest absolute Gasteiger partial charge is 0.472 e. The molecule has 2 unspecified atom stereocenters. The van der Waals surface area contributed by atoms with Gasteiger partial charge in [0.1, 0.15) is 19.8 Å². The van der Waals surface area contributed by atoms with Gasteiger partial charge in [0, 0.05) is 25.2 Å². The molecular formula is C46H85NO12P+. The Labute approximate surface area is 363 Å². The Morgan fingerprint density at radius 1 is 0.767 bits per heavy atom. The third kappa shape index (κ3) is 31.8. The molecule has 0 aromatic carbocycles. The molecule has 1 aliphatic rings. The number of unbranched alkanes of at least 4 members (excludes halogenated alkanes) is 14. The Morgan fingerprint density at radius 2 is 1.35 bits per heavy atom. The highest BCUT2D eigenvalue weighted by Gasteiger charge is 2.35. The molecule has 13 nitrogen and oxygen atoms in total. The molecule has 0 aliphatic carbocycles. The zero-order chi connectivity index (χ0) is 44.5. The van der Waals surface area contributed by atoms with E-state index in [1.807, 2.05) is 33.3 Å². The highest BCUT2D eigenvalue weighted by atomic mass is 31.2. The number of likely N-dealkylation sites (N-methyl/N-ethyl adjacent to an activating group) is 1. The first kappa shape index (κ1) is 56.1. The van der Waals surface area contributed by atoms with Crippen molar-refractivity contribution in [3.63, 3.8) is 0 Å². The third-order valence-corrected chi connectivity index (χ3v) is 11.4. The maximum Gasteiger partial charge on any atom is 0.472 e. The Balaban J connectivity index is 2.53. The van der Waals surface area contributed by atoms with Crippen molar-refractivity contribution in [1.82, 2.24) is 0 Å². The van der Waals surface area contributed by atoms with Crippen LogP contribution in [0.2, 0.25) is 0 Å². The molecule has 1 saturated heterocycles. The van der Waals surface area contributed by atoms with Gasteiger partial charge >= 0.3 is 19.8 Å². The van der Waals surface area contributed by atoms with Gasteiger partial charge in [0.15, 0.2) is 12.4 Å². The average Bonchev–Trinajstić information content (AvgIpc) is 3.18. The molecule has 0 aromatic rings. The van der Waals surface area contributed by atoms with Crippen LogP contribution >= 0.6 is 7.82 Å². The number of allylic oxidation sites excluding steroid dienone is 4. The molecule has 350 valence electrons. The molecule has 14 heteroatoms. The molecule has 0 amide bonds. The number of phosphoric acid groups is 1. The van der Waals surface area contributed by atoms with Gasteiger partial charge in [-0.2, -0.15) is 0 Å². The maximum absolute atomic E-state index is 12.7. The summed E-state index contributed by atoms with van der Waals surface area (Å²) >= 11 is 0. The lowest BCUT2D eigenvalue weighted by Gasteiger charge is -2.36. The van der Waals surface area contributed by atoms with Crippen LogP contribution in [0.25, 0.3) is 0 Å². The predicted molar refractivity (Wildman–Crippen MR) is 237 cm³/mol. The number of hydrogen-bond donors (Lipinski definition) is 4. The first-order chi connectivity index (χ1) is 28.7. The van der Waals surface area contributed by atoms with Gasteiger partial charge < -0.3 is 38.9 Å². The van der Waals surface area contributed by atoms with Gasteiger partial charge in [0.05, 0.1) is 46.1 Å². The molecule has 1 aliphatic heterocycles. The molecule has 0 spiro atoms. The van der Waals surface area contributed by atoms with Gasteiger partial charge in [-0.3, -0.25) is 18.6 Å². The van der Waals surface area contributed by atoms with Crippen molar-refractivity contribution in [3.05, 3.63) is 36.5 Å². The number of aliphatic hydroxyl groups excluding tert-OH is 3. The number of ether oxygens (including phenoxy) is 3. The van der Waals surface area contributed by atoms with Gasteiger partial charge in [-0.15, -0.1) is 0 Å². The van der Waals surface area contributed by atoms with Crippen LogP contribution in [0.5, 0.6) is 0 Å². The van der Waals surface area contributed by atoms with E-state index in [2.05, 4.69) is 26.0 Å². The molecule has 0 radical (unpaired) electrons. The van der Waals surface area contributed by atoms with Crippen molar-refractivity contribution >= 4 is 19.8 Å². The highest BCUT2D eigenvalue weighted by Crippen LogP contribution is 2.43. The van der Waals surface area contributed by atoms with Crippen LogP contribution in [-0.2, 0) is 37.4 Å². The number of esters is 2. The molecule has 0 aromatic heterocycles. The zero-order valence-electron chi connectivity index (χ0n) is 38.0. The van der Waals surface area contributed by atoms with E-state index < -0.39 is 57.1 Å². The summed E-state index contributed by atoms with van der Waals surface area (Å²) < 4.78 is 39.9. The van der Waals surface area contributed by atoms with E-state index in [1.54, 1.807) is 12.2 Å². The second-order valence-electron chi connectivity index (χ2n) is 17.3. The molecule has 4 N–H and O–H groups in total. The minimum Gasteiger partial charge on any atom is -0.462 e. The first-order valence-corrected chi connectivity index (χ1v) is 24.6. The van der Waals surface area contributed by atoms with Crippen LogP contribution in [0.15, 0.2) is 36.5 Å². The summed E-state index contributed by atoms with van der Waals surface area (Å²) in [6.07, 6.45) is 28.1. The quantitative estimate of drug-likeness (QED) is 0.0153. The number of carbonyl (C=O) groups excluding carboxylic acids is 2. The number of nitrogens with zero attached hydrogens (tertiary/aromatic N) is 1. The van der Waals surface area contributed by atoms with Crippen molar-refractivity contribution in [2.24, 2.45) is 5.92 Å². The van der Waals surface area contributed by atoms with Gasteiger partial charge in [-0.25, -0.2) is 4.57 Å². The summed E-state index contributed by atoms with van der Waals surface area (Å²) in [4.78, 5) is 35.6. The van der Waals surface area contributed by atoms with Gasteiger partial charge in [-0.1, -0.05) is 121 Å². The van der Waals surface area contributed by atoms with E-state index in [-0.39, 0.29) is 38.4 Å². The van der Waals surface area contributed by atoms with E-state index in [0.29, 0.717) is 43.1 Å². The van der Waals surface area contributed by atoms with Crippen LogP contribution < -0.4 is 0 Å². The predicted octanol–water partition coefficient (Wildman–Crippen LogP) is 9.02. The molecule has 7 atom stereocenters. The number of hydrogen-bond acceptors (Lipinski definition) is 11. The number of rotatable bonds is 37. The van der Waals surface area contributed by atoms with Crippen molar-refractivity contribution in [3.8, 4) is 0 Å². The molecule has 0 bridgehead atoms. The summed E-state index contributed by atoms with van der Waals surface area (Å²) in [5, 5.41) is 31.0. The fourth-order valence-corrected chi connectivity index (χ4v) is 7.44. The molecular weight excluding hydrogens is 789 g/mol. The van der Waals surface area contributed by atoms with E-state index in [9.17, 15) is 34.4 Å². The summed E-state index contributed by atoms with van der Waals surface area (Å²) in [6.45, 7) is 3.98. The van der Waals surface area contributed by atoms with Gasteiger partial charge in [-0.05, 0) is 57.8 Å². The van der Waals surface area contributed by atoms with E-state index in [0.717, 1.165) is 57.8 Å². The summed E-state index contributed by atoms with van der Waals surface area (Å²) in [6, 6.07) is 0. The number of phosphoric ester groups is 1. The Morgan fingerprint density at radius 3 is 2.02 bits per heavy atom. The fraction of sp³-hybridized carbons (Fsp3) is 0.826. The Hall–Kier alpha value is -1.93. The topological polar surface area (TPSA) is 178 Å². The van der Waals surface area contributed by atoms with Crippen LogP contribution in [-0.4, -0.2) is 115 Å². The maximum atomic E-state index is 12.7. The molecule has 1 rings (SSSR count). The molecule has 0 saturated carbocycles. The monoisotopic (exact) mass is 875 g/mol. The average molecular weight is 875 g/mol.